The minimum atomic E-state index is -0.900. The summed E-state index contributed by atoms with van der Waals surface area (Å²) in [4.78, 5) is 44.7. The average Bonchev–Trinajstić information content (AvgIpc) is 2.73. The maximum atomic E-state index is 12.7. The number of hydrogen-bond acceptors (Lipinski definition) is 5. The van der Waals surface area contributed by atoms with Crippen molar-refractivity contribution in [2.75, 3.05) is 10.6 Å². The second kappa shape index (κ2) is 8.32. The van der Waals surface area contributed by atoms with E-state index in [1.54, 1.807) is 24.3 Å². The van der Waals surface area contributed by atoms with Crippen molar-refractivity contribution in [1.82, 2.24) is 9.97 Å². The number of anilines is 2. The minimum absolute atomic E-state index is 0.104. The molecule has 146 valence electrons. The summed E-state index contributed by atoms with van der Waals surface area (Å²) in [6.07, 6.45) is -0.104. The Hall–Kier alpha value is -3.39. The van der Waals surface area contributed by atoms with Gasteiger partial charge in [-0.1, -0.05) is 60.3 Å². The fourth-order valence-electron chi connectivity index (χ4n) is 3.12. The summed E-state index contributed by atoms with van der Waals surface area (Å²) < 4.78 is 0. The number of aromatic nitrogens is 2. The molecule has 0 saturated heterocycles. The molecule has 29 heavy (non-hydrogen) atoms. The molecule has 1 atom stereocenters. The van der Waals surface area contributed by atoms with Crippen LogP contribution < -0.4 is 16.2 Å². The molecule has 2 heterocycles. The first-order chi connectivity index (χ1) is 14.1. The zero-order valence-electron chi connectivity index (χ0n) is 15.3. The fraction of sp³-hybridized carbons (Fsp3) is 0.143. The Morgan fingerprint density at radius 2 is 1.76 bits per heavy atom. The van der Waals surface area contributed by atoms with Gasteiger partial charge in [-0.05, 0) is 17.7 Å². The van der Waals surface area contributed by atoms with E-state index in [1.165, 1.54) is 11.8 Å². The molecule has 1 aliphatic rings. The molecular formula is C21H18N4O3S. The normalized spacial score (nSPS) is 15.3. The first kappa shape index (κ1) is 18.9. The van der Waals surface area contributed by atoms with E-state index in [0.29, 0.717) is 16.6 Å². The maximum absolute atomic E-state index is 12.7. The van der Waals surface area contributed by atoms with Crippen molar-refractivity contribution in [3.63, 3.8) is 0 Å². The van der Waals surface area contributed by atoms with Crippen LogP contribution in [0.4, 0.5) is 11.5 Å². The van der Waals surface area contributed by atoms with E-state index in [1.807, 2.05) is 36.4 Å². The predicted octanol–water partition coefficient (Wildman–Crippen LogP) is 3.13. The lowest BCUT2D eigenvalue weighted by atomic mass is 9.92. The van der Waals surface area contributed by atoms with Crippen LogP contribution in [0.15, 0.2) is 70.6 Å². The van der Waals surface area contributed by atoms with Crippen LogP contribution in [0, 0.1) is 0 Å². The molecule has 0 bridgehead atoms. The number of hydrogen-bond donors (Lipinski definition) is 3. The van der Waals surface area contributed by atoms with E-state index in [4.69, 9.17) is 0 Å². The van der Waals surface area contributed by atoms with Crippen LogP contribution in [-0.4, -0.2) is 21.8 Å². The van der Waals surface area contributed by atoms with Crippen LogP contribution >= 0.6 is 11.8 Å². The molecule has 1 aliphatic heterocycles. The summed E-state index contributed by atoms with van der Waals surface area (Å²) in [5.74, 6) is -0.890. The molecule has 4 rings (SSSR count). The SMILES string of the molecule is O=C1C[C@@H](C(=O)Nc2ccccc2)c2c(nc(SCc3ccccc3)[nH]c2=O)N1. The lowest BCUT2D eigenvalue weighted by Crippen LogP contribution is -2.36. The highest BCUT2D eigenvalue weighted by Crippen LogP contribution is 2.30. The number of H-pyrrole nitrogens is 1. The lowest BCUT2D eigenvalue weighted by Gasteiger charge is -2.23. The molecule has 1 aromatic heterocycles. The third-order valence-electron chi connectivity index (χ3n) is 4.51. The van der Waals surface area contributed by atoms with E-state index in [0.717, 1.165) is 5.56 Å². The molecule has 2 amide bonds. The summed E-state index contributed by atoms with van der Waals surface area (Å²) in [7, 11) is 0. The van der Waals surface area contributed by atoms with Gasteiger partial charge in [0.1, 0.15) is 5.82 Å². The Bertz CT molecular complexity index is 1100. The number of benzene rings is 2. The predicted molar refractivity (Wildman–Crippen MR) is 112 cm³/mol. The number of fused-ring (bicyclic) bond motifs is 1. The number of carbonyl (C=O) groups is 2. The Morgan fingerprint density at radius 3 is 2.48 bits per heavy atom. The number of thioether (sulfide) groups is 1. The Labute approximate surface area is 171 Å². The fourth-order valence-corrected chi connectivity index (χ4v) is 3.94. The molecule has 0 fully saturated rings. The van der Waals surface area contributed by atoms with Gasteiger partial charge < -0.3 is 15.6 Å². The van der Waals surface area contributed by atoms with Gasteiger partial charge in [0.2, 0.25) is 11.8 Å². The molecule has 0 saturated carbocycles. The molecule has 7 nitrogen and oxygen atoms in total. The van der Waals surface area contributed by atoms with E-state index in [-0.39, 0.29) is 23.7 Å². The van der Waals surface area contributed by atoms with Crippen LogP contribution in [-0.2, 0) is 15.3 Å². The Morgan fingerprint density at radius 1 is 1.07 bits per heavy atom. The number of rotatable bonds is 5. The third kappa shape index (κ3) is 4.38. The van der Waals surface area contributed by atoms with Gasteiger partial charge in [0.15, 0.2) is 5.16 Å². The average molecular weight is 406 g/mol. The molecule has 3 aromatic rings. The van der Waals surface area contributed by atoms with E-state index < -0.39 is 17.4 Å². The minimum Gasteiger partial charge on any atom is -0.326 e. The number of aromatic amines is 1. The molecule has 0 radical (unpaired) electrons. The highest BCUT2D eigenvalue weighted by Gasteiger charge is 2.34. The van der Waals surface area contributed by atoms with E-state index in [9.17, 15) is 14.4 Å². The van der Waals surface area contributed by atoms with Crippen molar-refractivity contribution >= 4 is 35.1 Å². The summed E-state index contributed by atoms with van der Waals surface area (Å²) >= 11 is 1.36. The topological polar surface area (TPSA) is 104 Å². The van der Waals surface area contributed by atoms with Gasteiger partial charge in [-0.2, -0.15) is 0 Å². The van der Waals surface area contributed by atoms with Gasteiger partial charge in [-0.25, -0.2) is 4.98 Å². The van der Waals surface area contributed by atoms with Crippen LogP contribution in [0.2, 0.25) is 0 Å². The molecular weight excluding hydrogens is 388 g/mol. The Kier molecular flexibility index (Phi) is 5.44. The van der Waals surface area contributed by atoms with Crippen LogP contribution in [0.5, 0.6) is 0 Å². The van der Waals surface area contributed by atoms with Gasteiger partial charge in [0.25, 0.3) is 5.56 Å². The highest BCUT2D eigenvalue weighted by atomic mass is 32.2. The quantitative estimate of drug-likeness (QED) is 0.446. The van der Waals surface area contributed by atoms with Crippen molar-refractivity contribution < 1.29 is 9.59 Å². The number of amides is 2. The van der Waals surface area contributed by atoms with Crippen LogP contribution in [0.3, 0.4) is 0 Å². The van der Waals surface area contributed by atoms with Crippen molar-refractivity contribution in [3.05, 3.63) is 82.1 Å². The van der Waals surface area contributed by atoms with Crippen molar-refractivity contribution in [1.29, 1.82) is 0 Å². The zero-order valence-corrected chi connectivity index (χ0v) is 16.2. The summed E-state index contributed by atoms with van der Waals surface area (Å²) in [5.41, 5.74) is 1.45. The lowest BCUT2D eigenvalue weighted by molar-refractivity contribution is -0.123. The summed E-state index contributed by atoms with van der Waals surface area (Å²) in [5, 5.41) is 5.77. The molecule has 3 N–H and O–H groups in total. The molecule has 0 spiro atoms. The second-order valence-electron chi connectivity index (χ2n) is 6.57. The number of para-hydroxylation sites is 1. The van der Waals surface area contributed by atoms with Gasteiger partial charge >= 0.3 is 0 Å². The van der Waals surface area contributed by atoms with Gasteiger partial charge in [-0.3, -0.25) is 14.4 Å². The summed E-state index contributed by atoms with van der Waals surface area (Å²) in [6.45, 7) is 0. The van der Waals surface area contributed by atoms with Gasteiger partial charge in [-0.15, -0.1) is 0 Å². The first-order valence-corrected chi connectivity index (χ1v) is 10.1. The highest BCUT2D eigenvalue weighted by molar-refractivity contribution is 7.98. The first-order valence-electron chi connectivity index (χ1n) is 9.07. The molecule has 2 aromatic carbocycles. The number of carbonyl (C=O) groups excluding carboxylic acids is 2. The maximum Gasteiger partial charge on any atom is 0.257 e. The number of nitrogens with one attached hydrogen (secondary N) is 3. The van der Waals surface area contributed by atoms with Crippen LogP contribution in [0.1, 0.15) is 23.5 Å². The molecule has 0 unspecified atom stereocenters. The van der Waals surface area contributed by atoms with Gasteiger partial charge in [0.05, 0.1) is 11.5 Å². The van der Waals surface area contributed by atoms with E-state index in [2.05, 4.69) is 20.6 Å². The monoisotopic (exact) mass is 406 g/mol. The standard InChI is InChI=1S/C21H18N4O3S/c26-16-11-15(19(27)22-14-9-5-2-6-10-14)17-18(23-16)24-21(25-20(17)28)29-12-13-7-3-1-4-8-13/h1-10,15H,11-12H2,(H,22,27)(H2,23,24,25,26,28)/t15-/m1/s1. The molecule has 8 heteroatoms. The van der Waals surface area contributed by atoms with Gasteiger partial charge in [0, 0.05) is 17.9 Å². The Balaban J connectivity index is 1.58. The van der Waals surface area contributed by atoms with Crippen molar-refractivity contribution in [3.8, 4) is 0 Å². The smallest absolute Gasteiger partial charge is 0.257 e. The number of nitrogens with zero attached hydrogens (tertiary/aromatic N) is 1. The zero-order chi connectivity index (χ0) is 20.2. The van der Waals surface area contributed by atoms with E-state index >= 15 is 0 Å². The largest absolute Gasteiger partial charge is 0.326 e. The van der Waals surface area contributed by atoms with Crippen molar-refractivity contribution in [2.45, 2.75) is 23.2 Å². The summed E-state index contributed by atoms with van der Waals surface area (Å²) in [6, 6.07) is 18.7. The second-order valence-corrected chi connectivity index (χ2v) is 7.53. The molecule has 0 aliphatic carbocycles. The van der Waals surface area contributed by atoms with Crippen LogP contribution in [0.25, 0.3) is 0 Å². The van der Waals surface area contributed by atoms with Crippen molar-refractivity contribution in [2.24, 2.45) is 0 Å². The third-order valence-corrected chi connectivity index (χ3v) is 5.45.